The topological polar surface area (TPSA) is 51.2 Å². The minimum atomic E-state index is 0.186. The summed E-state index contributed by atoms with van der Waals surface area (Å²) in [6.07, 6.45) is 1.93. The third-order valence-electron chi connectivity index (χ3n) is 6.34. The SMILES string of the molecule is CCCN(CC)C(=O)CN1CC(c2ccc3c(c2)OCO3)CC1c1ccc(OC)cc1. The van der Waals surface area contributed by atoms with Crippen LogP contribution in [0.3, 0.4) is 0 Å². The molecule has 4 rings (SSSR count). The van der Waals surface area contributed by atoms with E-state index in [9.17, 15) is 4.79 Å². The predicted octanol–water partition coefficient (Wildman–Crippen LogP) is 4.21. The van der Waals surface area contributed by atoms with Gasteiger partial charge in [0.1, 0.15) is 5.75 Å². The molecule has 6 heteroatoms. The predicted molar refractivity (Wildman–Crippen MR) is 120 cm³/mol. The van der Waals surface area contributed by atoms with Crippen molar-refractivity contribution >= 4 is 5.91 Å². The maximum Gasteiger partial charge on any atom is 0.236 e. The molecular formula is C25H32N2O4. The van der Waals surface area contributed by atoms with E-state index in [1.807, 2.05) is 30.0 Å². The van der Waals surface area contributed by atoms with Crippen LogP contribution in [0, 0.1) is 0 Å². The Labute approximate surface area is 184 Å². The highest BCUT2D eigenvalue weighted by molar-refractivity contribution is 5.78. The lowest BCUT2D eigenvalue weighted by Gasteiger charge is -2.28. The van der Waals surface area contributed by atoms with Crippen molar-refractivity contribution in [2.75, 3.05) is 40.1 Å². The molecule has 2 aromatic carbocycles. The van der Waals surface area contributed by atoms with Gasteiger partial charge in [-0.15, -0.1) is 0 Å². The Morgan fingerprint density at radius 3 is 2.55 bits per heavy atom. The summed E-state index contributed by atoms with van der Waals surface area (Å²) in [7, 11) is 1.68. The maximum absolute atomic E-state index is 13.0. The number of hydrogen-bond donors (Lipinski definition) is 0. The molecule has 6 nitrogen and oxygen atoms in total. The van der Waals surface area contributed by atoms with Crippen LogP contribution >= 0.6 is 0 Å². The highest BCUT2D eigenvalue weighted by Gasteiger charge is 2.36. The fourth-order valence-corrected chi connectivity index (χ4v) is 4.66. The first-order valence-electron chi connectivity index (χ1n) is 11.2. The number of methoxy groups -OCH3 is 1. The van der Waals surface area contributed by atoms with Crippen LogP contribution in [0.25, 0.3) is 0 Å². The first-order valence-corrected chi connectivity index (χ1v) is 11.2. The molecule has 0 bridgehead atoms. The molecule has 166 valence electrons. The van der Waals surface area contributed by atoms with Gasteiger partial charge in [-0.25, -0.2) is 0 Å². The highest BCUT2D eigenvalue weighted by atomic mass is 16.7. The lowest BCUT2D eigenvalue weighted by molar-refractivity contribution is -0.132. The second-order valence-electron chi connectivity index (χ2n) is 8.24. The van der Waals surface area contributed by atoms with E-state index in [1.165, 1.54) is 11.1 Å². The summed E-state index contributed by atoms with van der Waals surface area (Å²) in [5.74, 6) is 2.99. The van der Waals surface area contributed by atoms with Crippen molar-refractivity contribution in [2.24, 2.45) is 0 Å². The molecule has 2 unspecified atom stereocenters. The van der Waals surface area contributed by atoms with Gasteiger partial charge >= 0.3 is 0 Å². The number of likely N-dealkylation sites (tertiary alicyclic amines) is 1. The normalized spacial score (nSPS) is 20.1. The number of ether oxygens (including phenoxy) is 3. The molecule has 0 saturated carbocycles. The zero-order valence-electron chi connectivity index (χ0n) is 18.7. The van der Waals surface area contributed by atoms with Crippen molar-refractivity contribution in [1.82, 2.24) is 9.80 Å². The Balaban J connectivity index is 1.57. The summed E-state index contributed by atoms with van der Waals surface area (Å²) in [5.41, 5.74) is 2.45. The molecule has 2 atom stereocenters. The summed E-state index contributed by atoms with van der Waals surface area (Å²) in [4.78, 5) is 17.3. The fourth-order valence-electron chi connectivity index (χ4n) is 4.66. The minimum Gasteiger partial charge on any atom is -0.497 e. The molecule has 31 heavy (non-hydrogen) atoms. The summed E-state index contributed by atoms with van der Waals surface area (Å²) in [5, 5.41) is 0. The van der Waals surface area contributed by atoms with Crippen LogP contribution in [0.2, 0.25) is 0 Å². The van der Waals surface area contributed by atoms with Crippen molar-refractivity contribution in [2.45, 2.75) is 38.6 Å². The van der Waals surface area contributed by atoms with Gasteiger partial charge in [-0.1, -0.05) is 25.1 Å². The van der Waals surface area contributed by atoms with E-state index in [4.69, 9.17) is 14.2 Å². The van der Waals surface area contributed by atoms with Crippen molar-refractivity contribution in [3.05, 3.63) is 53.6 Å². The Bertz CT molecular complexity index is 899. The quantitative estimate of drug-likeness (QED) is 0.635. The number of hydrogen-bond acceptors (Lipinski definition) is 5. The molecule has 0 N–H and O–H groups in total. The third kappa shape index (κ3) is 4.64. The Kier molecular flexibility index (Phi) is 6.66. The average Bonchev–Trinajstić information content (AvgIpc) is 3.44. The van der Waals surface area contributed by atoms with Crippen molar-refractivity contribution < 1.29 is 19.0 Å². The van der Waals surface area contributed by atoms with Gasteiger partial charge in [0.15, 0.2) is 11.5 Å². The lowest BCUT2D eigenvalue weighted by atomic mass is 9.93. The number of nitrogens with zero attached hydrogens (tertiary/aromatic N) is 2. The monoisotopic (exact) mass is 424 g/mol. The van der Waals surface area contributed by atoms with E-state index in [1.54, 1.807) is 7.11 Å². The molecular weight excluding hydrogens is 392 g/mol. The molecule has 1 saturated heterocycles. The number of benzene rings is 2. The Hall–Kier alpha value is -2.73. The highest BCUT2D eigenvalue weighted by Crippen LogP contribution is 2.43. The lowest BCUT2D eigenvalue weighted by Crippen LogP contribution is -2.40. The molecule has 1 fully saturated rings. The smallest absolute Gasteiger partial charge is 0.236 e. The first kappa shape index (κ1) is 21.5. The van der Waals surface area contributed by atoms with Crippen LogP contribution in [0.15, 0.2) is 42.5 Å². The second kappa shape index (κ2) is 9.60. The van der Waals surface area contributed by atoms with Crippen LogP contribution in [-0.4, -0.2) is 55.8 Å². The number of rotatable bonds is 8. The van der Waals surface area contributed by atoms with Crippen LogP contribution in [0.1, 0.15) is 49.8 Å². The van der Waals surface area contributed by atoms with Crippen LogP contribution in [0.5, 0.6) is 17.2 Å². The number of carbonyl (C=O) groups is 1. The van der Waals surface area contributed by atoms with Gasteiger partial charge in [-0.05, 0) is 61.1 Å². The van der Waals surface area contributed by atoms with Crippen LogP contribution < -0.4 is 14.2 Å². The van der Waals surface area contributed by atoms with Gasteiger partial charge in [0, 0.05) is 25.7 Å². The number of amides is 1. The standard InChI is InChI=1S/C25H32N2O4/c1-4-12-26(5-2)25(28)16-27-15-20(19-8-11-23-24(14-19)31-17-30-23)13-22(27)18-6-9-21(29-3)10-7-18/h6-11,14,20,22H,4-5,12-13,15-17H2,1-3H3. The third-order valence-corrected chi connectivity index (χ3v) is 6.34. The zero-order valence-corrected chi connectivity index (χ0v) is 18.7. The molecule has 2 heterocycles. The molecule has 2 aliphatic rings. The van der Waals surface area contributed by atoms with E-state index in [2.05, 4.69) is 36.1 Å². The van der Waals surface area contributed by atoms with E-state index in [0.717, 1.165) is 49.7 Å². The van der Waals surface area contributed by atoms with Crippen LogP contribution in [-0.2, 0) is 4.79 Å². The first-order chi connectivity index (χ1) is 15.1. The van der Waals surface area contributed by atoms with Crippen molar-refractivity contribution in [1.29, 1.82) is 0 Å². The van der Waals surface area contributed by atoms with Gasteiger partial charge in [-0.2, -0.15) is 0 Å². The van der Waals surface area contributed by atoms with Gasteiger partial charge in [-0.3, -0.25) is 9.69 Å². The largest absolute Gasteiger partial charge is 0.497 e. The van der Waals surface area contributed by atoms with E-state index < -0.39 is 0 Å². The molecule has 0 radical (unpaired) electrons. The van der Waals surface area contributed by atoms with E-state index in [0.29, 0.717) is 12.5 Å². The minimum absolute atomic E-state index is 0.186. The van der Waals surface area contributed by atoms with Gasteiger partial charge in [0.05, 0.1) is 13.7 Å². The molecule has 2 aromatic rings. The summed E-state index contributed by atoms with van der Waals surface area (Å²) < 4.78 is 16.4. The summed E-state index contributed by atoms with van der Waals surface area (Å²) >= 11 is 0. The van der Waals surface area contributed by atoms with Gasteiger partial charge in [0.25, 0.3) is 0 Å². The number of carbonyl (C=O) groups excluding carboxylic acids is 1. The van der Waals surface area contributed by atoms with Crippen molar-refractivity contribution in [3.63, 3.8) is 0 Å². The molecule has 1 amide bonds. The molecule has 0 spiro atoms. The average molecular weight is 425 g/mol. The van der Waals surface area contributed by atoms with Gasteiger partial charge in [0.2, 0.25) is 12.7 Å². The summed E-state index contributed by atoms with van der Waals surface area (Å²) in [6, 6.07) is 14.6. The van der Waals surface area contributed by atoms with Crippen LogP contribution in [0.4, 0.5) is 0 Å². The number of fused-ring (bicyclic) bond motifs is 1. The molecule has 0 aliphatic carbocycles. The molecule has 0 aromatic heterocycles. The van der Waals surface area contributed by atoms with Gasteiger partial charge < -0.3 is 19.1 Å². The summed E-state index contributed by atoms with van der Waals surface area (Å²) in [6.45, 7) is 7.27. The zero-order chi connectivity index (χ0) is 21.8. The Morgan fingerprint density at radius 1 is 1.10 bits per heavy atom. The Morgan fingerprint density at radius 2 is 1.84 bits per heavy atom. The van der Waals surface area contributed by atoms with Crippen molar-refractivity contribution in [3.8, 4) is 17.2 Å². The number of likely N-dealkylation sites (N-methyl/N-ethyl adjacent to an activating group) is 1. The second-order valence-corrected chi connectivity index (χ2v) is 8.24. The molecule has 2 aliphatic heterocycles. The fraction of sp³-hybridized carbons (Fsp3) is 0.480. The van der Waals surface area contributed by atoms with E-state index >= 15 is 0 Å². The maximum atomic E-state index is 13.0. The van der Waals surface area contributed by atoms with E-state index in [-0.39, 0.29) is 18.7 Å².